The van der Waals surface area contributed by atoms with Crippen LogP contribution in [-0.4, -0.2) is 11.5 Å². The molecule has 0 amide bonds. The third-order valence-electron chi connectivity index (χ3n) is 2.88. The summed E-state index contributed by atoms with van der Waals surface area (Å²) in [6.45, 7) is 0.948. The molecule has 0 aliphatic carbocycles. The minimum absolute atomic E-state index is 0.103. The Kier molecular flexibility index (Phi) is 3.41. The maximum absolute atomic E-state index is 10.7. The predicted molar refractivity (Wildman–Crippen MR) is 62.7 cm³/mol. The number of halogens is 1. The molecule has 16 heavy (non-hydrogen) atoms. The van der Waals surface area contributed by atoms with Gasteiger partial charge in [-0.2, -0.15) is 0 Å². The van der Waals surface area contributed by atoms with E-state index in [0.717, 1.165) is 31.4 Å². The number of nitrogens with zero attached hydrogens (tertiary/aromatic N) is 1. The summed E-state index contributed by atoms with van der Waals surface area (Å²) < 4.78 is 0. The van der Waals surface area contributed by atoms with Crippen LogP contribution in [0.15, 0.2) is 18.2 Å². The number of hydrogen-bond donors (Lipinski definition) is 1. The molecule has 1 fully saturated rings. The standard InChI is InChI=1S/C11H13ClN2O2/c12-10-5-4-8(14(15)16)7-9(10)11-3-1-2-6-13-11/h4-5,7,11,13H,1-3,6H2. The third-order valence-corrected chi connectivity index (χ3v) is 3.22. The zero-order valence-corrected chi connectivity index (χ0v) is 9.54. The lowest BCUT2D eigenvalue weighted by Gasteiger charge is -2.24. The molecule has 1 aromatic carbocycles. The molecular weight excluding hydrogens is 228 g/mol. The molecule has 0 aromatic heterocycles. The lowest BCUT2D eigenvalue weighted by atomic mass is 9.97. The van der Waals surface area contributed by atoms with Crippen molar-refractivity contribution < 1.29 is 4.92 Å². The first kappa shape index (κ1) is 11.4. The van der Waals surface area contributed by atoms with Crippen LogP contribution >= 0.6 is 11.6 Å². The number of piperidine rings is 1. The summed E-state index contributed by atoms with van der Waals surface area (Å²) >= 11 is 6.07. The third kappa shape index (κ3) is 2.33. The minimum Gasteiger partial charge on any atom is -0.310 e. The quantitative estimate of drug-likeness (QED) is 0.639. The minimum atomic E-state index is -0.386. The molecule has 0 bridgehead atoms. The zero-order chi connectivity index (χ0) is 11.5. The van der Waals surface area contributed by atoms with Gasteiger partial charge < -0.3 is 5.32 Å². The van der Waals surface area contributed by atoms with Crippen molar-refractivity contribution in [2.24, 2.45) is 0 Å². The molecule has 1 aliphatic rings. The van der Waals surface area contributed by atoms with E-state index in [2.05, 4.69) is 5.32 Å². The first-order valence-corrected chi connectivity index (χ1v) is 5.73. The summed E-state index contributed by atoms with van der Waals surface area (Å²) in [6, 6.07) is 4.77. The van der Waals surface area contributed by atoms with E-state index in [0.29, 0.717) is 5.02 Å². The molecule has 5 heteroatoms. The van der Waals surface area contributed by atoms with Gasteiger partial charge in [-0.05, 0) is 31.0 Å². The van der Waals surface area contributed by atoms with E-state index < -0.39 is 0 Å². The lowest BCUT2D eigenvalue weighted by molar-refractivity contribution is -0.384. The van der Waals surface area contributed by atoms with Crippen LogP contribution in [0.3, 0.4) is 0 Å². The molecule has 1 N–H and O–H groups in total. The van der Waals surface area contributed by atoms with Gasteiger partial charge in [-0.15, -0.1) is 0 Å². The summed E-state index contributed by atoms with van der Waals surface area (Å²) in [6.07, 6.45) is 3.28. The van der Waals surface area contributed by atoms with Gasteiger partial charge in [-0.1, -0.05) is 18.0 Å². The van der Waals surface area contributed by atoms with E-state index in [9.17, 15) is 10.1 Å². The van der Waals surface area contributed by atoms with Gasteiger partial charge in [0.2, 0.25) is 0 Å². The Morgan fingerprint density at radius 3 is 2.88 bits per heavy atom. The summed E-state index contributed by atoms with van der Waals surface area (Å²) in [5.74, 6) is 0. The molecule has 1 unspecified atom stereocenters. The fourth-order valence-electron chi connectivity index (χ4n) is 2.03. The Morgan fingerprint density at radius 2 is 2.25 bits per heavy atom. The largest absolute Gasteiger partial charge is 0.310 e. The van der Waals surface area contributed by atoms with Crippen molar-refractivity contribution in [1.82, 2.24) is 5.32 Å². The highest BCUT2D eigenvalue weighted by Gasteiger charge is 2.19. The summed E-state index contributed by atoms with van der Waals surface area (Å²) in [4.78, 5) is 10.3. The number of rotatable bonds is 2. The Bertz CT molecular complexity index is 403. The highest BCUT2D eigenvalue weighted by molar-refractivity contribution is 6.31. The normalized spacial score (nSPS) is 20.7. The van der Waals surface area contributed by atoms with Gasteiger partial charge in [-0.25, -0.2) is 0 Å². The van der Waals surface area contributed by atoms with E-state index in [1.54, 1.807) is 12.1 Å². The van der Waals surface area contributed by atoms with Gasteiger partial charge in [0.05, 0.1) is 4.92 Å². The van der Waals surface area contributed by atoms with Gasteiger partial charge >= 0.3 is 0 Å². The molecule has 4 nitrogen and oxygen atoms in total. The number of non-ortho nitro benzene ring substituents is 1. The molecule has 1 atom stereocenters. The lowest BCUT2D eigenvalue weighted by Crippen LogP contribution is -2.27. The van der Waals surface area contributed by atoms with Crippen molar-refractivity contribution in [3.8, 4) is 0 Å². The van der Waals surface area contributed by atoms with E-state index in [1.807, 2.05) is 0 Å². The Labute approximate surface area is 98.8 Å². The van der Waals surface area contributed by atoms with Crippen LogP contribution in [0.25, 0.3) is 0 Å². The monoisotopic (exact) mass is 240 g/mol. The SMILES string of the molecule is O=[N+]([O-])c1ccc(Cl)c(C2CCCCN2)c1. The smallest absolute Gasteiger partial charge is 0.269 e. The molecule has 2 rings (SSSR count). The average Bonchev–Trinajstić information content (AvgIpc) is 2.30. The molecule has 0 saturated carbocycles. The molecule has 1 aromatic rings. The Hall–Kier alpha value is -1.13. The fraction of sp³-hybridized carbons (Fsp3) is 0.455. The van der Waals surface area contributed by atoms with Crippen LogP contribution in [0.1, 0.15) is 30.9 Å². The highest BCUT2D eigenvalue weighted by atomic mass is 35.5. The van der Waals surface area contributed by atoms with Gasteiger partial charge in [0, 0.05) is 23.2 Å². The van der Waals surface area contributed by atoms with Crippen LogP contribution < -0.4 is 5.32 Å². The molecular formula is C11H13ClN2O2. The predicted octanol–water partition coefficient (Wildman–Crippen LogP) is 3.06. The van der Waals surface area contributed by atoms with Crippen molar-refractivity contribution in [2.75, 3.05) is 6.54 Å². The highest BCUT2D eigenvalue weighted by Crippen LogP contribution is 2.31. The Morgan fingerprint density at radius 1 is 1.44 bits per heavy atom. The van der Waals surface area contributed by atoms with E-state index in [-0.39, 0.29) is 16.7 Å². The molecule has 0 spiro atoms. The number of nitrogens with one attached hydrogen (secondary N) is 1. The number of benzene rings is 1. The molecule has 1 heterocycles. The van der Waals surface area contributed by atoms with Gasteiger partial charge in [0.15, 0.2) is 0 Å². The van der Waals surface area contributed by atoms with E-state index in [4.69, 9.17) is 11.6 Å². The van der Waals surface area contributed by atoms with E-state index >= 15 is 0 Å². The topological polar surface area (TPSA) is 55.2 Å². The molecule has 0 radical (unpaired) electrons. The second kappa shape index (κ2) is 4.80. The summed E-state index contributed by atoms with van der Waals surface area (Å²) in [5.41, 5.74) is 0.947. The summed E-state index contributed by atoms with van der Waals surface area (Å²) in [5, 5.41) is 14.6. The van der Waals surface area contributed by atoms with Crippen molar-refractivity contribution in [3.05, 3.63) is 38.9 Å². The number of hydrogen-bond acceptors (Lipinski definition) is 3. The van der Waals surface area contributed by atoms with E-state index in [1.165, 1.54) is 6.07 Å². The summed E-state index contributed by atoms with van der Waals surface area (Å²) in [7, 11) is 0. The van der Waals surface area contributed by atoms with Crippen LogP contribution in [-0.2, 0) is 0 Å². The van der Waals surface area contributed by atoms with Crippen LogP contribution in [0.4, 0.5) is 5.69 Å². The second-order valence-corrected chi connectivity index (χ2v) is 4.37. The molecule has 86 valence electrons. The van der Waals surface area contributed by atoms with Crippen molar-refractivity contribution in [3.63, 3.8) is 0 Å². The number of nitro groups is 1. The van der Waals surface area contributed by atoms with Crippen LogP contribution in [0.5, 0.6) is 0 Å². The average molecular weight is 241 g/mol. The van der Waals surface area contributed by atoms with Gasteiger partial charge in [-0.3, -0.25) is 10.1 Å². The zero-order valence-electron chi connectivity index (χ0n) is 8.78. The molecule has 1 aliphatic heterocycles. The first-order valence-electron chi connectivity index (χ1n) is 5.35. The van der Waals surface area contributed by atoms with Crippen LogP contribution in [0, 0.1) is 10.1 Å². The first-order chi connectivity index (χ1) is 7.68. The maximum atomic E-state index is 10.7. The molecule has 1 saturated heterocycles. The Balaban J connectivity index is 2.30. The van der Waals surface area contributed by atoms with Gasteiger partial charge in [0.25, 0.3) is 5.69 Å². The van der Waals surface area contributed by atoms with Crippen molar-refractivity contribution in [1.29, 1.82) is 0 Å². The fourth-order valence-corrected chi connectivity index (χ4v) is 2.28. The maximum Gasteiger partial charge on any atom is 0.269 e. The van der Waals surface area contributed by atoms with Crippen molar-refractivity contribution in [2.45, 2.75) is 25.3 Å². The second-order valence-electron chi connectivity index (χ2n) is 3.97. The van der Waals surface area contributed by atoms with Gasteiger partial charge in [0.1, 0.15) is 0 Å². The van der Waals surface area contributed by atoms with Crippen LogP contribution in [0.2, 0.25) is 5.02 Å². The van der Waals surface area contributed by atoms with Crippen molar-refractivity contribution >= 4 is 17.3 Å². The number of nitro benzene ring substituents is 1.